The van der Waals surface area contributed by atoms with Gasteiger partial charge in [-0.05, 0) is 67.3 Å². The number of phenols is 1. The van der Waals surface area contributed by atoms with E-state index in [0.29, 0.717) is 50.2 Å². The third-order valence-corrected chi connectivity index (χ3v) is 6.71. The van der Waals surface area contributed by atoms with Crippen LogP contribution >= 0.6 is 0 Å². The minimum Gasteiger partial charge on any atom is -0.508 e. The molecule has 1 aliphatic rings. The number of piperidine rings is 1. The van der Waals surface area contributed by atoms with Gasteiger partial charge in [-0.3, -0.25) is 0 Å². The first-order valence-corrected chi connectivity index (χ1v) is 13.1. The van der Waals surface area contributed by atoms with Crippen molar-refractivity contribution in [3.05, 3.63) is 90.0 Å². The van der Waals surface area contributed by atoms with Crippen molar-refractivity contribution in [2.45, 2.75) is 25.6 Å². The Morgan fingerprint density at radius 1 is 0.949 bits per heavy atom. The third-order valence-electron chi connectivity index (χ3n) is 6.71. The molecule has 0 aromatic heterocycles. The van der Waals surface area contributed by atoms with Gasteiger partial charge in [-0.15, -0.1) is 0 Å². The van der Waals surface area contributed by atoms with Gasteiger partial charge in [0.15, 0.2) is 0 Å². The molecule has 4 N–H and O–H groups in total. The zero-order valence-corrected chi connectivity index (χ0v) is 21.8. The molecule has 1 aliphatic heterocycles. The van der Waals surface area contributed by atoms with Crippen molar-refractivity contribution in [3.63, 3.8) is 0 Å². The van der Waals surface area contributed by atoms with Crippen LogP contribution in [0.4, 0.5) is 10.5 Å². The second-order valence-corrected chi connectivity index (χ2v) is 9.59. The summed E-state index contributed by atoms with van der Waals surface area (Å²) < 4.78 is 12.1. The predicted molar refractivity (Wildman–Crippen MR) is 148 cm³/mol. The molecule has 0 spiro atoms. The SMILES string of the molecule is O=C(O)c1ccccc1NC(=O)N1CCC(CNC[C@@H](COc2ccc(O)cc2)OCc2ccccc2)CC1. The summed E-state index contributed by atoms with van der Waals surface area (Å²) in [6, 6.07) is 22.7. The highest BCUT2D eigenvalue weighted by Crippen LogP contribution is 2.20. The molecule has 4 rings (SSSR count). The van der Waals surface area contributed by atoms with Gasteiger partial charge >= 0.3 is 12.0 Å². The van der Waals surface area contributed by atoms with E-state index in [2.05, 4.69) is 10.6 Å². The molecule has 0 radical (unpaired) electrons. The lowest BCUT2D eigenvalue weighted by Gasteiger charge is -2.32. The number of amides is 2. The first-order valence-electron chi connectivity index (χ1n) is 13.1. The van der Waals surface area contributed by atoms with Crippen LogP contribution in [0.15, 0.2) is 78.9 Å². The summed E-state index contributed by atoms with van der Waals surface area (Å²) in [4.78, 5) is 25.9. The second kappa shape index (κ2) is 14.2. The van der Waals surface area contributed by atoms with E-state index in [9.17, 15) is 19.8 Å². The van der Waals surface area contributed by atoms with Crippen molar-refractivity contribution < 1.29 is 29.3 Å². The van der Waals surface area contributed by atoms with Crippen LogP contribution in [0, 0.1) is 5.92 Å². The highest BCUT2D eigenvalue weighted by Gasteiger charge is 2.24. The number of carbonyl (C=O) groups excluding carboxylic acids is 1. The van der Waals surface area contributed by atoms with Gasteiger partial charge in [-0.2, -0.15) is 0 Å². The number of nitrogens with zero attached hydrogens (tertiary/aromatic N) is 1. The van der Waals surface area contributed by atoms with Crippen molar-refractivity contribution in [2.24, 2.45) is 5.92 Å². The van der Waals surface area contributed by atoms with Crippen LogP contribution in [-0.4, -0.2) is 66.0 Å². The second-order valence-electron chi connectivity index (χ2n) is 9.59. The van der Waals surface area contributed by atoms with Crippen molar-refractivity contribution in [1.29, 1.82) is 0 Å². The Morgan fingerprint density at radius 2 is 1.64 bits per heavy atom. The summed E-state index contributed by atoms with van der Waals surface area (Å²) in [5.74, 6) is 0.190. The number of para-hydroxylation sites is 1. The van der Waals surface area contributed by atoms with Crippen molar-refractivity contribution in [3.8, 4) is 11.5 Å². The number of aromatic hydroxyl groups is 1. The topological polar surface area (TPSA) is 120 Å². The van der Waals surface area contributed by atoms with E-state index in [4.69, 9.17) is 9.47 Å². The van der Waals surface area contributed by atoms with E-state index < -0.39 is 5.97 Å². The van der Waals surface area contributed by atoms with E-state index in [1.807, 2.05) is 30.3 Å². The number of nitrogens with one attached hydrogen (secondary N) is 2. The van der Waals surface area contributed by atoms with E-state index in [1.54, 1.807) is 47.4 Å². The summed E-state index contributed by atoms with van der Waals surface area (Å²) in [6.45, 7) is 3.45. The minimum atomic E-state index is -1.07. The van der Waals surface area contributed by atoms with Crippen LogP contribution in [0.3, 0.4) is 0 Å². The molecule has 9 nitrogen and oxygen atoms in total. The summed E-state index contributed by atoms with van der Waals surface area (Å²) in [7, 11) is 0. The highest BCUT2D eigenvalue weighted by atomic mass is 16.5. The average Bonchev–Trinajstić information content (AvgIpc) is 2.96. The summed E-state index contributed by atoms with van der Waals surface area (Å²) in [5, 5.41) is 25.1. The Bertz CT molecular complexity index is 1200. The number of anilines is 1. The highest BCUT2D eigenvalue weighted by molar-refractivity contribution is 5.99. The molecule has 0 bridgehead atoms. The number of aromatic carboxylic acids is 1. The number of hydrogen-bond acceptors (Lipinski definition) is 6. The lowest BCUT2D eigenvalue weighted by Crippen LogP contribution is -2.44. The number of carboxylic acids is 1. The standard InChI is InChI=1S/C30H35N3O6/c34-24-10-12-25(13-11-24)39-21-26(38-20-23-6-2-1-3-7-23)19-31-18-22-14-16-33(17-15-22)30(37)32-28-9-5-4-8-27(28)29(35)36/h1-13,22,26,31,34H,14-21H2,(H,32,37)(H,35,36)/t26-/m0/s1. The number of carbonyl (C=O) groups is 2. The fraction of sp³-hybridized carbons (Fsp3) is 0.333. The number of hydrogen-bond donors (Lipinski definition) is 4. The molecule has 1 saturated heterocycles. The quantitative estimate of drug-likeness (QED) is 0.269. The normalized spacial score (nSPS) is 14.5. The van der Waals surface area contributed by atoms with Crippen LogP contribution in [-0.2, 0) is 11.3 Å². The zero-order valence-electron chi connectivity index (χ0n) is 21.8. The van der Waals surface area contributed by atoms with E-state index in [0.717, 1.165) is 24.9 Å². The van der Waals surface area contributed by atoms with E-state index in [-0.39, 0.29) is 23.4 Å². The van der Waals surface area contributed by atoms with E-state index in [1.165, 1.54) is 6.07 Å². The lowest BCUT2D eigenvalue weighted by molar-refractivity contribution is 0.00947. The van der Waals surface area contributed by atoms with Gasteiger partial charge in [0.1, 0.15) is 24.2 Å². The fourth-order valence-electron chi connectivity index (χ4n) is 4.45. The number of phenolic OH excluding ortho intramolecular Hbond substituents is 1. The molecule has 1 fully saturated rings. The van der Waals surface area contributed by atoms with Gasteiger partial charge in [0.05, 0.1) is 17.9 Å². The molecule has 0 unspecified atom stereocenters. The van der Waals surface area contributed by atoms with Gasteiger partial charge < -0.3 is 35.2 Å². The Morgan fingerprint density at radius 3 is 2.36 bits per heavy atom. The average molecular weight is 534 g/mol. The maximum absolute atomic E-state index is 12.7. The van der Waals surface area contributed by atoms with Crippen LogP contribution in [0.2, 0.25) is 0 Å². The summed E-state index contributed by atoms with van der Waals surface area (Å²) >= 11 is 0. The number of benzene rings is 3. The van der Waals surface area contributed by atoms with Gasteiger partial charge in [0.25, 0.3) is 0 Å². The van der Waals surface area contributed by atoms with Crippen molar-refractivity contribution in [2.75, 3.05) is 38.1 Å². The number of urea groups is 1. The van der Waals surface area contributed by atoms with E-state index >= 15 is 0 Å². The van der Waals surface area contributed by atoms with Crippen LogP contribution < -0.4 is 15.4 Å². The Hall–Kier alpha value is -4.08. The molecule has 206 valence electrons. The molecule has 9 heteroatoms. The number of likely N-dealkylation sites (tertiary alicyclic amines) is 1. The van der Waals surface area contributed by atoms with Crippen molar-refractivity contribution >= 4 is 17.7 Å². The number of rotatable bonds is 12. The Labute approximate surface area is 228 Å². The Kier molecular flexibility index (Phi) is 10.2. The molecule has 1 heterocycles. The summed E-state index contributed by atoms with van der Waals surface area (Å²) in [5.41, 5.74) is 1.46. The minimum absolute atomic E-state index is 0.0726. The number of ether oxygens (including phenoxy) is 2. The van der Waals surface area contributed by atoms with Gasteiger partial charge in [0.2, 0.25) is 0 Å². The molecule has 2 amide bonds. The van der Waals surface area contributed by atoms with Crippen LogP contribution in [0.1, 0.15) is 28.8 Å². The largest absolute Gasteiger partial charge is 0.508 e. The smallest absolute Gasteiger partial charge is 0.337 e. The summed E-state index contributed by atoms with van der Waals surface area (Å²) in [6.07, 6.45) is 1.51. The van der Waals surface area contributed by atoms with Gasteiger partial charge in [-0.1, -0.05) is 42.5 Å². The zero-order chi connectivity index (χ0) is 27.5. The fourth-order valence-corrected chi connectivity index (χ4v) is 4.45. The maximum atomic E-state index is 12.7. The van der Waals surface area contributed by atoms with Crippen molar-refractivity contribution in [1.82, 2.24) is 10.2 Å². The predicted octanol–water partition coefficient (Wildman–Crippen LogP) is 4.59. The van der Waals surface area contributed by atoms with Gasteiger partial charge in [0, 0.05) is 19.6 Å². The molecular weight excluding hydrogens is 498 g/mol. The first kappa shape index (κ1) is 27.9. The molecule has 0 saturated carbocycles. The van der Waals surface area contributed by atoms with Gasteiger partial charge in [-0.25, -0.2) is 9.59 Å². The number of carboxylic acid groups (broad SMARTS) is 1. The molecular formula is C30H35N3O6. The molecule has 39 heavy (non-hydrogen) atoms. The van der Waals surface area contributed by atoms with Crippen LogP contribution in [0.5, 0.6) is 11.5 Å². The lowest BCUT2D eigenvalue weighted by atomic mass is 9.97. The molecule has 0 aliphatic carbocycles. The molecule has 3 aromatic rings. The molecule has 1 atom stereocenters. The third kappa shape index (κ3) is 8.73. The maximum Gasteiger partial charge on any atom is 0.337 e. The monoisotopic (exact) mass is 533 g/mol. The Balaban J connectivity index is 1.22. The molecule has 3 aromatic carbocycles. The first-order chi connectivity index (χ1) is 19.0. The van der Waals surface area contributed by atoms with Crippen LogP contribution in [0.25, 0.3) is 0 Å².